The molecule has 0 saturated carbocycles. The topological polar surface area (TPSA) is 52.7 Å². The summed E-state index contributed by atoms with van der Waals surface area (Å²) in [4.78, 5) is 28.8. The van der Waals surface area contributed by atoms with Gasteiger partial charge in [0.2, 0.25) is 5.91 Å². The van der Waals surface area contributed by atoms with Crippen LogP contribution in [0.25, 0.3) is 0 Å². The third kappa shape index (κ3) is 4.85. The fourth-order valence-electron chi connectivity index (χ4n) is 3.86. The van der Waals surface area contributed by atoms with Crippen molar-refractivity contribution in [2.24, 2.45) is 5.92 Å². The maximum absolute atomic E-state index is 12.4. The van der Waals surface area contributed by atoms with Crippen molar-refractivity contribution in [3.05, 3.63) is 35.4 Å². The number of likely N-dealkylation sites (tertiary alicyclic amines) is 2. The first-order chi connectivity index (χ1) is 12.7. The Balaban J connectivity index is 1.46. The molecule has 5 nitrogen and oxygen atoms in total. The quantitative estimate of drug-likeness (QED) is 0.852. The molecule has 5 heteroatoms. The van der Waals surface area contributed by atoms with Crippen LogP contribution in [-0.4, -0.2) is 54.3 Å². The molecule has 2 heterocycles. The molecule has 0 spiro atoms. The molecule has 2 fully saturated rings. The highest BCUT2D eigenvalue weighted by molar-refractivity contribution is 5.94. The minimum Gasteiger partial charge on any atom is -0.356 e. The molecule has 1 N–H and O–H groups in total. The van der Waals surface area contributed by atoms with E-state index in [1.54, 1.807) is 0 Å². The first kappa shape index (κ1) is 18.9. The first-order valence-corrected chi connectivity index (χ1v) is 10.1. The maximum Gasteiger partial charge on any atom is 0.253 e. The van der Waals surface area contributed by atoms with Crippen molar-refractivity contribution in [1.82, 2.24) is 15.1 Å². The number of hydrogen-bond donors (Lipinski definition) is 1. The number of hydrogen-bond acceptors (Lipinski definition) is 3. The fraction of sp³-hybridized carbons (Fsp3) is 0.619. The van der Waals surface area contributed by atoms with E-state index in [4.69, 9.17) is 0 Å². The van der Waals surface area contributed by atoms with Gasteiger partial charge in [-0.05, 0) is 62.9 Å². The Bertz CT molecular complexity index is 600. The van der Waals surface area contributed by atoms with Crippen LogP contribution in [0.4, 0.5) is 0 Å². The van der Waals surface area contributed by atoms with Gasteiger partial charge in [-0.1, -0.05) is 19.1 Å². The predicted octanol–water partition coefficient (Wildman–Crippen LogP) is 2.66. The molecule has 3 rings (SSSR count). The molecule has 2 amide bonds. The second-order valence-electron chi connectivity index (χ2n) is 7.54. The minimum atomic E-state index is 0.160. The Morgan fingerprint density at radius 2 is 1.69 bits per heavy atom. The average molecular weight is 357 g/mol. The average Bonchev–Trinajstić information content (AvgIpc) is 3.21. The molecule has 1 aromatic rings. The zero-order chi connectivity index (χ0) is 18.4. The second kappa shape index (κ2) is 9.17. The van der Waals surface area contributed by atoms with Crippen molar-refractivity contribution in [1.29, 1.82) is 0 Å². The Morgan fingerprint density at radius 3 is 2.31 bits per heavy atom. The van der Waals surface area contributed by atoms with Gasteiger partial charge in [0, 0.05) is 37.7 Å². The summed E-state index contributed by atoms with van der Waals surface area (Å²) < 4.78 is 0. The van der Waals surface area contributed by atoms with Crippen molar-refractivity contribution in [2.75, 3.05) is 32.7 Å². The van der Waals surface area contributed by atoms with Crippen LogP contribution < -0.4 is 5.32 Å². The van der Waals surface area contributed by atoms with Crippen molar-refractivity contribution in [3.8, 4) is 0 Å². The van der Waals surface area contributed by atoms with E-state index in [-0.39, 0.29) is 17.7 Å². The zero-order valence-electron chi connectivity index (χ0n) is 15.9. The molecule has 0 radical (unpaired) electrons. The maximum atomic E-state index is 12.4. The summed E-state index contributed by atoms with van der Waals surface area (Å²) in [6, 6.07) is 8.06. The lowest BCUT2D eigenvalue weighted by Gasteiger charge is -2.31. The van der Waals surface area contributed by atoms with Crippen LogP contribution in [0.15, 0.2) is 24.3 Å². The molecule has 2 aliphatic rings. The number of piperidine rings is 1. The van der Waals surface area contributed by atoms with E-state index in [2.05, 4.69) is 29.3 Å². The minimum absolute atomic E-state index is 0.160. The molecular formula is C21H31N3O2. The molecule has 0 unspecified atom stereocenters. The van der Waals surface area contributed by atoms with Crippen LogP contribution in [0.3, 0.4) is 0 Å². The van der Waals surface area contributed by atoms with Gasteiger partial charge < -0.3 is 10.2 Å². The number of carbonyl (C=O) groups excluding carboxylic acids is 2. The number of nitrogens with zero attached hydrogens (tertiary/aromatic N) is 2. The van der Waals surface area contributed by atoms with Crippen molar-refractivity contribution < 1.29 is 9.59 Å². The standard InChI is InChI=1S/C21H31N3O2/c1-2-11-22-20(25)18-9-14-23(15-10-18)16-17-5-7-19(8-6-17)21(26)24-12-3-4-13-24/h5-8,18H,2-4,9-16H2,1H3,(H,22,25). The van der Waals surface area contributed by atoms with Gasteiger partial charge in [-0.25, -0.2) is 0 Å². The SMILES string of the molecule is CCCNC(=O)C1CCN(Cc2ccc(C(=O)N3CCCC3)cc2)CC1. The van der Waals surface area contributed by atoms with E-state index in [1.807, 2.05) is 17.0 Å². The van der Waals surface area contributed by atoms with Crippen LogP contribution in [0, 0.1) is 5.92 Å². The molecule has 0 aliphatic carbocycles. The van der Waals surface area contributed by atoms with Gasteiger partial charge in [0.25, 0.3) is 5.91 Å². The molecule has 2 saturated heterocycles. The lowest BCUT2D eigenvalue weighted by atomic mass is 9.95. The van der Waals surface area contributed by atoms with E-state index in [0.717, 1.165) is 76.9 Å². The second-order valence-corrected chi connectivity index (χ2v) is 7.54. The van der Waals surface area contributed by atoms with E-state index in [0.29, 0.717) is 0 Å². The summed E-state index contributed by atoms with van der Waals surface area (Å²) in [5.41, 5.74) is 2.03. The van der Waals surface area contributed by atoms with Gasteiger partial charge >= 0.3 is 0 Å². The van der Waals surface area contributed by atoms with Gasteiger partial charge in [-0.3, -0.25) is 14.5 Å². The van der Waals surface area contributed by atoms with Gasteiger partial charge in [0.15, 0.2) is 0 Å². The van der Waals surface area contributed by atoms with Crippen LogP contribution >= 0.6 is 0 Å². The van der Waals surface area contributed by atoms with E-state index >= 15 is 0 Å². The molecule has 1 aromatic carbocycles. The Kier molecular flexibility index (Phi) is 6.67. The van der Waals surface area contributed by atoms with Crippen LogP contribution in [0.1, 0.15) is 54.9 Å². The molecular weight excluding hydrogens is 326 g/mol. The Hall–Kier alpha value is -1.88. The summed E-state index contributed by atoms with van der Waals surface area (Å²) in [6.07, 6.45) is 5.09. The summed E-state index contributed by atoms with van der Waals surface area (Å²) in [7, 11) is 0. The summed E-state index contributed by atoms with van der Waals surface area (Å²) in [5, 5.41) is 3.01. The Morgan fingerprint density at radius 1 is 1.04 bits per heavy atom. The van der Waals surface area contributed by atoms with Crippen LogP contribution in [-0.2, 0) is 11.3 Å². The molecule has 0 bridgehead atoms. The highest BCUT2D eigenvalue weighted by Gasteiger charge is 2.24. The number of nitrogens with one attached hydrogen (secondary N) is 1. The van der Waals surface area contributed by atoms with E-state index in [9.17, 15) is 9.59 Å². The van der Waals surface area contributed by atoms with Crippen molar-refractivity contribution in [2.45, 2.75) is 45.6 Å². The van der Waals surface area contributed by atoms with Crippen LogP contribution in [0.5, 0.6) is 0 Å². The lowest BCUT2D eigenvalue weighted by molar-refractivity contribution is -0.126. The third-order valence-electron chi connectivity index (χ3n) is 5.51. The lowest BCUT2D eigenvalue weighted by Crippen LogP contribution is -2.40. The normalized spacial score (nSPS) is 18.9. The third-order valence-corrected chi connectivity index (χ3v) is 5.51. The van der Waals surface area contributed by atoms with Crippen molar-refractivity contribution >= 4 is 11.8 Å². The van der Waals surface area contributed by atoms with E-state index in [1.165, 1.54) is 5.56 Å². The number of benzene rings is 1. The first-order valence-electron chi connectivity index (χ1n) is 10.1. The van der Waals surface area contributed by atoms with E-state index < -0.39 is 0 Å². The van der Waals surface area contributed by atoms with Crippen molar-refractivity contribution in [3.63, 3.8) is 0 Å². The predicted molar refractivity (Wildman–Crippen MR) is 103 cm³/mol. The molecule has 2 aliphatic heterocycles. The number of carbonyl (C=O) groups is 2. The van der Waals surface area contributed by atoms with Gasteiger partial charge in [0.1, 0.15) is 0 Å². The summed E-state index contributed by atoms with van der Waals surface area (Å²) in [5.74, 6) is 0.544. The van der Waals surface area contributed by atoms with Gasteiger partial charge in [0.05, 0.1) is 0 Å². The largest absolute Gasteiger partial charge is 0.356 e. The number of rotatable bonds is 6. The molecule has 26 heavy (non-hydrogen) atoms. The molecule has 0 aromatic heterocycles. The highest BCUT2D eigenvalue weighted by Crippen LogP contribution is 2.20. The smallest absolute Gasteiger partial charge is 0.253 e. The number of amides is 2. The molecule has 0 atom stereocenters. The van der Waals surface area contributed by atoms with Gasteiger partial charge in [-0.15, -0.1) is 0 Å². The zero-order valence-corrected chi connectivity index (χ0v) is 15.9. The summed E-state index contributed by atoms with van der Waals surface area (Å²) in [6.45, 7) is 7.44. The fourth-order valence-corrected chi connectivity index (χ4v) is 3.86. The summed E-state index contributed by atoms with van der Waals surface area (Å²) >= 11 is 0. The van der Waals surface area contributed by atoms with Gasteiger partial charge in [-0.2, -0.15) is 0 Å². The monoisotopic (exact) mass is 357 g/mol. The highest BCUT2D eigenvalue weighted by atomic mass is 16.2. The molecule has 142 valence electrons. The van der Waals surface area contributed by atoms with Crippen LogP contribution in [0.2, 0.25) is 0 Å². The Labute approximate surface area is 156 Å².